The standard InChI is InChI=1S/C25H25FN4O3/c1-29-23-18-4-2-3-5-22(18)33-25(19(23)15-27)10-12-30(13-11-25)24(32)20(28)14-21(31)16-6-8-17(26)9-7-16/h2-9,14-15H,10-13,27-28H2,1H3. The highest BCUT2D eigenvalue weighted by atomic mass is 19.1. The summed E-state index contributed by atoms with van der Waals surface area (Å²) in [7, 11) is 1.72. The summed E-state index contributed by atoms with van der Waals surface area (Å²) in [6.45, 7) is 0.739. The molecule has 4 rings (SSSR count). The smallest absolute Gasteiger partial charge is 0.269 e. The largest absolute Gasteiger partial charge is 0.482 e. The Bertz CT molecular complexity index is 1180. The Morgan fingerprint density at radius 2 is 1.79 bits per heavy atom. The van der Waals surface area contributed by atoms with Gasteiger partial charge in [-0.1, -0.05) is 12.1 Å². The van der Waals surface area contributed by atoms with E-state index in [1.807, 2.05) is 24.3 Å². The molecule has 0 bridgehead atoms. The van der Waals surface area contributed by atoms with Crippen molar-refractivity contribution in [2.24, 2.45) is 16.5 Å². The number of allylic oxidation sites excluding steroid dienone is 1. The highest BCUT2D eigenvalue weighted by Crippen LogP contribution is 2.42. The molecule has 4 N–H and O–H groups in total. The van der Waals surface area contributed by atoms with Gasteiger partial charge in [-0.3, -0.25) is 14.6 Å². The van der Waals surface area contributed by atoms with Crippen LogP contribution in [0.1, 0.15) is 28.8 Å². The van der Waals surface area contributed by atoms with Crippen molar-refractivity contribution in [3.63, 3.8) is 0 Å². The molecule has 2 heterocycles. The number of ketones is 1. The van der Waals surface area contributed by atoms with Crippen molar-refractivity contribution in [3.8, 4) is 5.75 Å². The Morgan fingerprint density at radius 1 is 1.12 bits per heavy atom. The number of fused-ring (bicyclic) bond motifs is 1. The number of piperidine rings is 1. The van der Waals surface area contributed by atoms with Crippen LogP contribution in [0.25, 0.3) is 0 Å². The van der Waals surface area contributed by atoms with Crippen LogP contribution in [-0.4, -0.2) is 48.0 Å². The number of halogens is 1. The van der Waals surface area contributed by atoms with Crippen LogP contribution in [0.3, 0.4) is 0 Å². The molecule has 0 aliphatic carbocycles. The fourth-order valence-corrected chi connectivity index (χ4v) is 4.37. The fourth-order valence-electron chi connectivity index (χ4n) is 4.37. The number of carbonyl (C=O) groups is 2. The molecular formula is C25H25FN4O3. The first-order chi connectivity index (χ1) is 15.9. The lowest BCUT2D eigenvalue weighted by Gasteiger charge is -2.46. The Morgan fingerprint density at radius 3 is 2.42 bits per heavy atom. The second-order valence-electron chi connectivity index (χ2n) is 8.01. The highest BCUT2D eigenvalue weighted by molar-refractivity contribution is 6.16. The molecule has 2 aromatic rings. The van der Waals surface area contributed by atoms with Gasteiger partial charge >= 0.3 is 0 Å². The lowest BCUT2D eigenvalue weighted by Crippen LogP contribution is -2.54. The van der Waals surface area contributed by atoms with E-state index in [4.69, 9.17) is 16.2 Å². The zero-order chi connectivity index (χ0) is 23.6. The number of benzene rings is 2. The molecule has 0 atom stereocenters. The van der Waals surface area contributed by atoms with Crippen molar-refractivity contribution in [1.82, 2.24) is 4.90 Å². The van der Waals surface area contributed by atoms with Crippen LogP contribution in [0.15, 0.2) is 77.1 Å². The molecule has 33 heavy (non-hydrogen) atoms. The van der Waals surface area contributed by atoms with Gasteiger partial charge in [0.25, 0.3) is 5.91 Å². The van der Waals surface area contributed by atoms with Crippen LogP contribution >= 0.6 is 0 Å². The summed E-state index contributed by atoms with van der Waals surface area (Å²) in [5.74, 6) is -0.609. The summed E-state index contributed by atoms with van der Waals surface area (Å²) in [5.41, 5.74) is 13.8. The Balaban J connectivity index is 1.50. The van der Waals surface area contributed by atoms with E-state index in [9.17, 15) is 14.0 Å². The van der Waals surface area contributed by atoms with Gasteiger partial charge in [0, 0.05) is 62.0 Å². The summed E-state index contributed by atoms with van der Waals surface area (Å²) in [6, 6.07) is 12.7. The number of ether oxygens (including phenoxy) is 1. The van der Waals surface area contributed by atoms with Crippen LogP contribution in [0.2, 0.25) is 0 Å². The number of aliphatic imine (C=N–C) groups is 1. The van der Waals surface area contributed by atoms with Gasteiger partial charge in [-0.15, -0.1) is 0 Å². The number of likely N-dealkylation sites (tertiary alicyclic amines) is 1. The average molecular weight is 448 g/mol. The van der Waals surface area contributed by atoms with Gasteiger partial charge in [-0.25, -0.2) is 4.39 Å². The average Bonchev–Trinajstić information content (AvgIpc) is 2.83. The van der Waals surface area contributed by atoms with E-state index in [1.165, 1.54) is 30.5 Å². The molecule has 0 radical (unpaired) electrons. The van der Waals surface area contributed by atoms with E-state index >= 15 is 0 Å². The van der Waals surface area contributed by atoms with Gasteiger partial charge in [-0.05, 0) is 36.4 Å². The van der Waals surface area contributed by atoms with Crippen LogP contribution in [0, 0.1) is 5.82 Å². The molecule has 0 aromatic heterocycles. The monoisotopic (exact) mass is 448 g/mol. The first-order valence-corrected chi connectivity index (χ1v) is 10.6. The zero-order valence-electron chi connectivity index (χ0n) is 18.3. The number of hydrogen-bond donors (Lipinski definition) is 2. The van der Waals surface area contributed by atoms with E-state index in [-0.39, 0.29) is 11.3 Å². The Labute approximate surface area is 191 Å². The van der Waals surface area contributed by atoms with Crippen molar-refractivity contribution in [2.75, 3.05) is 20.1 Å². The maximum absolute atomic E-state index is 13.1. The topological polar surface area (TPSA) is 111 Å². The maximum Gasteiger partial charge on any atom is 0.269 e. The van der Waals surface area contributed by atoms with Gasteiger partial charge in [0.1, 0.15) is 22.9 Å². The third kappa shape index (κ3) is 4.11. The number of hydrogen-bond acceptors (Lipinski definition) is 6. The molecule has 8 heteroatoms. The molecule has 1 saturated heterocycles. The third-order valence-corrected chi connectivity index (χ3v) is 6.10. The number of para-hydroxylation sites is 1. The van der Waals surface area contributed by atoms with E-state index in [2.05, 4.69) is 4.99 Å². The van der Waals surface area contributed by atoms with Gasteiger partial charge in [0.05, 0.1) is 5.71 Å². The number of nitrogens with two attached hydrogens (primary N) is 2. The molecule has 7 nitrogen and oxygen atoms in total. The maximum atomic E-state index is 13.1. The first-order valence-electron chi connectivity index (χ1n) is 10.6. The lowest BCUT2D eigenvalue weighted by atomic mass is 9.78. The van der Waals surface area contributed by atoms with E-state index in [1.54, 1.807) is 11.9 Å². The number of carbonyl (C=O) groups excluding carboxylic acids is 2. The Kier molecular flexibility index (Phi) is 6.00. The quantitative estimate of drug-likeness (QED) is 0.554. The van der Waals surface area contributed by atoms with Gasteiger partial charge in [-0.2, -0.15) is 0 Å². The summed E-state index contributed by atoms with van der Waals surface area (Å²) >= 11 is 0. The third-order valence-electron chi connectivity index (χ3n) is 6.10. The molecule has 1 amide bonds. The fraction of sp³-hybridized carbons (Fsp3) is 0.240. The van der Waals surface area contributed by atoms with Crippen molar-refractivity contribution in [2.45, 2.75) is 18.4 Å². The van der Waals surface area contributed by atoms with Crippen molar-refractivity contribution in [3.05, 3.63) is 89.0 Å². The minimum Gasteiger partial charge on any atom is -0.482 e. The van der Waals surface area contributed by atoms with E-state index in [0.717, 1.165) is 28.7 Å². The summed E-state index contributed by atoms with van der Waals surface area (Å²) in [4.78, 5) is 31.3. The van der Waals surface area contributed by atoms with Crippen LogP contribution in [-0.2, 0) is 4.79 Å². The minimum atomic E-state index is -0.697. The normalized spacial score (nSPS) is 19.9. The van der Waals surface area contributed by atoms with Crippen LogP contribution in [0.4, 0.5) is 4.39 Å². The number of rotatable bonds is 3. The van der Waals surface area contributed by atoms with Gasteiger partial charge in [0.2, 0.25) is 0 Å². The number of amides is 1. The minimum absolute atomic E-state index is 0.166. The Hall–Kier alpha value is -3.94. The van der Waals surface area contributed by atoms with E-state index < -0.39 is 23.1 Å². The molecule has 0 saturated carbocycles. The molecule has 1 spiro atoms. The first kappa shape index (κ1) is 22.3. The molecule has 170 valence electrons. The SMILES string of the molecule is CN=C1C(=CN)C2(CCN(C(=O)C(N)=CC(=O)c3ccc(F)cc3)CC2)Oc2ccccc21. The van der Waals surface area contributed by atoms with Crippen molar-refractivity contribution < 1.29 is 18.7 Å². The molecule has 2 aliphatic rings. The predicted molar refractivity (Wildman–Crippen MR) is 123 cm³/mol. The molecule has 1 fully saturated rings. The zero-order valence-corrected chi connectivity index (χ0v) is 18.3. The van der Waals surface area contributed by atoms with Crippen molar-refractivity contribution in [1.29, 1.82) is 0 Å². The van der Waals surface area contributed by atoms with Crippen LogP contribution in [0.5, 0.6) is 5.75 Å². The molecule has 0 unspecified atom stereocenters. The summed E-state index contributed by atoms with van der Waals surface area (Å²) < 4.78 is 19.5. The highest BCUT2D eigenvalue weighted by Gasteiger charge is 2.46. The van der Waals surface area contributed by atoms with Crippen LogP contribution < -0.4 is 16.2 Å². The van der Waals surface area contributed by atoms with Gasteiger partial charge < -0.3 is 21.1 Å². The second-order valence-corrected chi connectivity index (χ2v) is 8.01. The lowest BCUT2D eigenvalue weighted by molar-refractivity contribution is -0.130. The summed E-state index contributed by atoms with van der Waals surface area (Å²) in [6.07, 6.45) is 3.61. The van der Waals surface area contributed by atoms with E-state index in [0.29, 0.717) is 25.9 Å². The predicted octanol–water partition coefficient (Wildman–Crippen LogP) is 2.57. The number of nitrogens with zero attached hydrogens (tertiary/aromatic N) is 2. The molecule has 2 aliphatic heterocycles. The molecular weight excluding hydrogens is 423 g/mol. The van der Waals surface area contributed by atoms with Gasteiger partial charge in [0.15, 0.2) is 5.78 Å². The summed E-state index contributed by atoms with van der Waals surface area (Å²) in [5, 5.41) is 0. The molecule has 2 aromatic carbocycles. The second kappa shape index (κ2) is 8.90. The van der Waals surface area contributed by atoms with Crippen molar-refractivity contribution >= 4 is 17.4 Å².